The number of esters is 1. The summed E-state index contributed by atoms with van der Waals surface area (Å²) in [6, 6.07) is 0. The van der Waals surface area contributed by atoms with Crippen LogP contribution >= 0.6 is 15.9 Å². The van der Waals surface area contributed by atoms with Crippen LogP contribution in [0.3, 0.4) is 0 Å². The Bertz CT molecular complexity index is 224. The molecule has 0 bridgehead atoms. The zero-order valence-electron chi connectivity index (χ0n) is 10.0. The van der Waals surface area contributed by atoms with E-state index in [-0.39, 0.29) is 10.8 Å². The van der Waals surface area contributed by atoms with Crippen LogP contribution in [-0.4, -0.2) is 56.0 Å². The van der Waals surface area contributed by atoms with E-state index < -0.39 is 0 Å². The first-order chi connectivity index (χ1) is 7.67. The summed E-state index contributed by atoms with van der Waals surface area (Å²) >= 11 is 3.37. The van der Waals surface area contributed by atoms with Crippen LogP contribution in [0.25, 0.3) is 0 Å². The molecular weight excluding hydrogens is 272 g/mol. The van der Waals surface area contributed by atoms with E-state index in [9.17, 15) is 4.79 Å². The summed E-state index contributed by atoms with van der Waals surface area (Å²) in [6.07, 6.45) is 2.50. The second-order valence-corrected chi connectivity index (χ2v) is 5.42. The number of piperidine rings is 1. The second kappa shape index (κ2) is 7.25. The van der Waals surface area contributed by atoms with Gasteiger partial charge in [0.15, 0.2) is 0 Å². The van der Waals surface area contributed by atoms with Crippen LogP contribution in [0, 0.1) is 5.92 Å². The van der Waals surface area contributed by atoms with Gasteiger partial charge in [0, 0.05) is 13.1 Å². The second-order valence-electron chi connectivity index (χ2n) is 4.32. The lowest BCUT2D eigenvalue weighted by Crippen LogP contribution is -2.43. The van der Waals surface area contributed by atoms with Gasteiger partial charge in [-0.1, -0.05) is 15.9 Å². The molecule has 1 heterocycles. The predicted molar refractivity (Wildman–Crippen MR) is 67.8 cm³/mol. The highest BCUT2D eigenvalue weighted by molar-refractivity contribution is 9.10. The molecule has 1 saturated heterocycles. The maximum absolute atomic E-state index is 11.3. The molecule has 16 heavy (non-hydrogen) atoms. The standard InChI is InChI=1S/C11H21BrN2O2/c1-13-6-9-4-3-5-14(7-9)8-10(12)11(15)16-2/h9-10,13H,3-8H2,1-2H3. The Morgan fingerprint density at radius 3 is 3.06 bits per heavy atom. The third-order valence-corrected chi connectivity index (χ3v) is 3.63. The molecule has 0 aliphatic carbocycles. The molecule has 2 unspecified atom stereocenters. The summed E-state index contributed by atoms with van der Waals surface area (Å²) in [5.41, 5.74) is 0. The van der Waals surface area contributed by atoms with Gasteiger partial charge in [-0.05, 0) is 38.9 Å². The molecule has 1 aliphatic heterocycles. The van der Waals surface area contributed by atoms with E-state index in [1.54, 1.807) is 0 Å². The number of alkyl halides is 1. The van der Waals surface area contributed by atoms with Crippen LogP contribution in [0.15, 0.2) is 0 Å². The number of hydrogen-bond acceptors (Lipinski definition) is 4. The molecule has 0 saturated carbocycles. The first-order valence-electron chi connectivity index (χ1n) is 5.76. The van der Waals surface area contributed by atoms with Gasteiger partial charge < -0.3 is 15.0 Å². The van der Waals surface area contributed by atoms with Crippen molar-refractivity contribution >= 4 is 21.9 Å². The van der Waals surface area contributed by atoms with Gasteiger partial charge in [0.1, 0.15) is 4.83 Å². The Labute approximate surface area is 106 Å². The van der Waals surface area contributed by atoms with Crippen LogP contribution in [0.4, 0.5) is 0 Å². The van der Waals surface area contributed by atoms with E-state index in [2.05, 4.69) is 26.1 Å². The lowest BCUT2D eigenvalue weighted by molar-refractivity contribution is -0.140. The van der Waals surface area contributed by atoms with Crippen molar-refractivity contribution in [3.63, 3.8) is 0 Å². The van der Waals surface area contributed by atoms with Crippen LogP contribution < -0.4 is 5.32 Å². The van der Waals surface area contributed by atoms with Gasteiger partial charge in [-0.25, -0.2) is 0 Å². The summed E-state index contributed by atoms with van der Waals surface area (Å²) in [5, 5.41) is 3.22. The van der Waals surface area contributed by atoms with Gasteiger partial charge >= 0.3 is 5.97 Å². The van der Waals surface area contributed by atoms with E-state index in [1.165, 1.54) is 20.0 Å². The SMILES string of the molecule is CNCC1CCCN(CC(Br)C(=O)OC)C1. The quantitative estimate of drug-likeness (QED) is 0.603. The number of halogens is 1. The average molecular weight is 293 g/mol. The van der Waals surface area contributed by atoms with Crippen molar-refractivity contribution in [3.05, 3.63) is 0 Å². The van der Waals surface area contributed by atoms with Gasteiger partial charge in [-0.3, -0.25) is 4.79 Å². The minimum Gasteiger partial charge on any atom is -0.468 e. The molecule has 1 aliphatic rings. The van der Waals surface area contributed by atoms with Crippen LogP contribution in [0.1, 0.15) is 12.8 Å². The highest BCUT2D eigenvalue weighted by Crippen LogP contribution is 2.17. The van der Waals surface area contributed by atoms with Crippen LogP contribution in [0.5, 0.6) is 0 Å². The van der Waals surface area contributed by atoms with Crippen molar-refractivity contribution in [1.82, 2.24) is 10.2 Å². The lowest BCUT2D eigenvalue weighted by atomic mass is 9.98. The maximum Gasteiger partial charge on any atom is 0.320 e. The molecule has 94 valence electrons. The average Bonchev–Trinajstić information content (AvgIpc) is 2.29. The lowest BCUT2D eigenvalue weighted by Gasteiger charge is -2.33. The number of rotatable bonds is 5. The van der Waals surface area contributed by atoms with Crippen molar-refractivity contribution in [2.45, 2.75) is 17.7 Å². The Morgan fingerprint density at radius 1 is 1.69 bits per heavy atom. The summed E-state index contributed by atoms with van der Waals surface area (Å²) in [6.45, 7) is 3.95. The van der Waals surface area contributed by atoms with Crippen molar-refractivity contribution in [1.29, 1.82) is 0 Å². The number of nitrogens with zero attached hydrogens (tertiary/aromatic N) is 1. The molecule has 0 spiro atoms. The maximum atomic E-state index is 11.3. The van der Waals surface area contributed by atoms with Crippen molar-refractivity contribution in [3.8, 4) is 0 Å². The minimum atomic E-state index is -0.203. The largest absolute Gasteiger partial charge is 0.468 e. The molecule has 0 amide bonds. The molecule has 0 aromatic carbocycles. The zero-order valence-corrected chi connectivity index (χ0v) is 11.6. The van der Waals surface area contributed by atoms with Crippen molar-refractivity contribution in [2.75, 3.05) is 40.3 Å². The first kappa shape index (κ1) is 13.9. The smallest absolute Gasteiger partial charge is 0.320 e. The number of carbonyl (C=O) groups excluding carboxylic acids is 1. The van der Waals surface area contributed by atoms with E-state index in [4.69, 9.17) is 4.74 Å². The fraction of sp³-hybridized carbons (Fsp3) is 0.909. The summed E-state index contributed by atoms with van der Waals surface area (Å²) in [4.78, 5) is 13.4. The Kier molecular flexibility index (Phi) is 6.31. The van der Waals surface area contributed by atoms with Gasteiger partial charge in [0.05, 0.1) is 7.11 Å². The number of ether oxygens (including phenoxy) is 1. The number of nitrogens with one attached hydrogen (secondary N) is 1. The molecule has 0 aromatic heterocycles. The van der Waals surface area contributed by atoms with Crippen molar-refractivity contribution in [2.24, 2.45) is 5.92 Å². The van der Waals surface area contributed by atoms with Crippen LogP contribution in [-0.2, 0) is 9.53 Å². The summed E-state index contributed by atoms with van der Waals surface area (Å²) < 4.78 is 4.70. The predicted octanol–water partition coefficient (Wildman–Crippen LogP) is 0.854. The van der Waals surface area contributed by atoms with E-state index >= 15 is 0 Å². The third kappa shape index (κ3) is 4.39. The highest BCUT2D eigenvalue weighted by Gasteiger charge is 2.24. The molecule has 4 nitrogen and oxygen atoms in total. The topological polar surface area (TPSA) is 41.6 Å². The molecule has 0 aromatic rings. The molecule has 1 N–H and O–H groups in total. The Hall–Kier alpha value is -0.130. The van der Waals surface area contributed by atoms with Crippen LogP contribution in [0.2, 0.25) is 0 Å². The fourth-order valence-corrected chi connectivity index (χ4v) is 2.80. The summed E-state index contributed by atoms with van der Waals surface area (Å²) in [5.74, 6) is 0.520. The summed E-state index contributed by atoms with van der Waals surface area (Å²) in [7, 11) is 3.41. The van der Waals surface area contributed by atoms with Crippen molar-refractivity contribution < 1.29 is 9.53 Å². The Morgan fingerprint density at radius 2 is 2.44 bits per heavy atom. The number of methoxy groups -OCH3 is 1. The molecule has 1 fully saturated rings. The normalized spacial score (nSPS) is 24.1. The Balaban J connectivity index is 2.33. The van der Waals surface area contributed by atoms with Gasteiger partial charge in [-0.2, -0.15) is 0 Å². The van der Waals surface area contributed by atoms with Gasteiger partial charge in [0.25, 0.3) is 0 Å². The molecule has 0 radical (unpaired) electrons. The van der Waals surface area contributed by atoms with E-state index in [0.717, 1.165) is 26.2 Å². The van der Waals surface area contributed by atoms with E-state index in [1.807, 2.05) is 7.05 Å². The monoisotopic (exact) mass is 292 g/mol. The molecular formula is C11H21BrN2O2. The fourth-order valence-electron chi connectivity index (χ4n) is 2.20. The number of hydrogen-bond donors (Lipinski definition) is 1. The number of carbonyl (C=O) groups is 1. The minimum absolute atomic E-state index is 0.185. The van der Waals surface area contributed by atoms with Gasteiger partial charge in [-0.15, -0.1) is 0 Å². The molecule has 5 heteroatoms. The number of likely N-dealkylation sites (tertiary alicyclic amines) is 1. The van der Waals surface area contributed by atoms with Gasteiger partial charge in [0.2, 0.25) is 0 Å². The van der Waals surface area contributed by atoms with E-state index in [0.29, 0.717) is 5.92 Å². The zero-order chi connectivity index (χ0) is 12.0. The molecule has 1 rings (SSSR count). The highest BCUT2D eigenvalue weighted by atomic mass is 79.9. The third-order valence-electron chi connectivity index (χ3n) is 2.97. The first-order valence-corrected chi connectivity index (χ1v) is 6.67. The molecule has 2 atom stereocenters.